The van der Waals surface area contributed by atoms with E-state index in [1.165, 1.54) is 0 Å². The van der Waals surface area contributed by atoms with E-state index in [2.05, 4.69) is 9.71 Å². The molecule has 1 aromatic heterocycles. The molecular formula is C15H14N2O2S. The number of H-pyrrole nitrogens is 1. The molecule has 0 fully saturated rings. The van der Waals surface area contributed by atoms with Gasteiger partial charge in [0.05, 0.1) is 4.90 Å². The maximum absolute atomic E-state index is 12.3. The number of para-hydroxylation sites is 1. The summed E-state index contributed by atoms with van der Waals surface area (Å²) in [6.45, 7) is 1.92. The molecule has 0 saturated carbocycles. The zero-order chi connectivity index (χ0) is 14.2. The molecule has 2 aromatic carbocycles. The summed E-state index contributed by atoms with van der Waals surface area (Å²) in [5.74, 6) is 0.465. The fourth-order valence-corrected chi connectivity index (χ4v) is 3.06. The Bertz CT molecular complexity index is 816. The number of aromatic nitrogens is 1. The average Bonchev–Trinajstić information content (AvgIpc) is 2.80. The van der Waals surface area contributed by atoms with Gasteiger partial charge in [-0.1, -0.05) is 35.9 Å². The summed E-state index contributed by atoms with van der Waals surface area (Å²) < 4.78 is 27.1. The fourth-order valence-electron chi connectivity index (χ4n) is 2.05. The summed E-state index contributed by atoms with van der Waals surface area (Å²) in [5.41, 5.74) is 1.92. The SMILES string of the molecule is Cc1ccc(S(=O)(=O)Nc2cc3ccccc3[nH]2)cc1. The Kier molecular flexibility index (Phi) is 2.99. The minimum atomic E-state index is -3.56. The van der Waals surface area contributed by atoms with Crippen LogP contribution in [-0.2, 0) is 10.0 Å². The summed E-state index contributed by atoms with van der Waals surface area (Å²) in [4.78, 5) is 3.29. The van der Waals surface area contributed by atoms with E-state index in [1.807, 2.05) is 31.2 Å². The van der Waals surface area contributed by atoms with Crippen molar-refractivity contribution in [1.82, 2.24) is 4.98 Å². The van der Waals surface area contributed by atoms with Crippen molar-refractivity contribution in [3.05, 3.63) is 60.2 Å². The van der Waals surface area contributed by atoms with Gasteiger partial charge < -0.3 is 4.98 Å². The number of nitrogens with one attached hydrogen (secondary N) is 2. The van der Waals surface area contributed by atoms with Crippen molar-refractivity contribution in [2.24, 2.45) is 0 Å². The van der Waals surface area contributed by atoms with Crippen LogP contribution in [0.4, 0.5) is 5.82 Å². The molecular weight excluding hydrogens is 272 g/mol. The maximum atomic E-state index is 12.3. The summed E-state index contributed by atoms with van der Waals surface area (Å²) in [6.07, 6.45) is 0. The number of aromatic amines is 1. The van der Waals surface area contributed by atoms with Crippen LogP contribution in [0.2, 0.25) is 0 Å². The lowest BCUT2D eigenvalue weighted by Crippen LogP contribution is -2.13. The lowest BCUT2D eigenvalue weighted by Gasteiger charge is -2.06. The largest absolute Gasteiger partial charge is 0.341 e. The zero-order valence-electron chi connectivity index (χ0n) is 10.9. The maximum Gasteiger partial charge on any atom is 0.262 e. The summed E-state index contributed by atoms with van der Waals surface area (Å²) in [6, 6.07) is 16.2. The van der Waals surface area contributed by atoms with Gasteiger partial charge in [-0.05, 0) is 31.2 Å². The highest BCUT2D eigenvalue weighted by Crippen LogP contribution is 2.21. The number of hydrogen-bond acceptors (Lipinski definition) is 2. The van der Waals surface area contributed by atoms with Gasteiger partial charge in [0, 0.05) is 10.9 Å². The van der Waals surface area contributed by atoms with E-state index in [4.69, 9.17) is 0 Å². The third-order valence-corrected chi connectivity index (χ3v) is 4.49. The summed E-state index contributed by atoms with van der Waals surface area (Å²) >= 11 is 0. The van der Waals surface area contributed by atoms with Crippen molar-refractivity contribution in [2.75, 3.05) is 4.72 Å². The van der Waals surface area contributed by atoms with Gasteiger partial charge in [0.2, 0.25) is 0 Å². The predicted molar refractivity (Wildman–Crippen MR) is 80.3 cm³/mol. The Morgan fingerprint density at radius 2 is 1.70 bits per heavy atom. The van der Waals surface area contributed by atoms with Crippen molar-refractivity contribution < 1.29 is 8.42 Å². The van der Waals surface area contributed by atoms with Crippen LogP contribution in [0.1, 0.15) is 5.56 Å². The first-order chi connectivity index (χ1) is 9.54. The number of hydrogen-bond donors (Lipinski definition) is 2. The molecule has 0 aliphatic rings. The highest BCUT2D eigenvalue weighted by atomic mass is 32.2. The minimum absolute atomic E-state index is 0.252. The number of sulfonamides is 1. The monoisotopic (exact) mass is 286 g/mol. The minimum Gasteiger partial charge on any atom is -0.341 e. The lowest BCUT2D eigenvalue weighted by molar-refractivity contribution is 0.601. The molecule has 3 aromatic rings. The van der Waals surface area contributed by atoms with E-state index in [9.17, 15) is 8.42 Å². The number of rotatable bonds is 3. The van der Waals surface area contributed by atoms with E-state index in [-0.39, 0.29) is 4.90 Å². The Morgan fingerprint density at radius 1 is 1.00 bits per heavy atom. The van der Waals surface area contributed by atoms with E-state index in [1.54, 1.807) is 30.3 Å². The van der Waals surface area contributed by atoms with E-state index in [0.29, 0.717) is 5.82 Å². The summed E-state index contributed by atoms with van der Waals surface area (Å²) in [7, 11) is -3.56. The molecule has 0 atom stereocenters. The first-order valence-electron chi connectivity index (χ1n) is 6.22. The molecule has 0 bridgehead atoms. The lowest BCUT2D eigenvalue weighted by atomic mass is 10.2. The van der Waals surface area contributed by atoms with E-state index < -0.39 is 10.0 Å². The van der Waals surface area contributed by atoms with Gasteiger partial charge in [-0.2, -0.15) is 0 Å². The molecule has 0 saturated heterocycles. The van der Waals surface area contributed by atoms with Gasteiger partial charge >= 0.3 is 0 Å². The Labute approximate surface area is 117 Å². The quantitative estimate of drug-likeness (QED) is 0.776. The Morgan fingerprint density at radius 3 is 2.40 bits per heavy atom. The molecule has 20 heavy (non-hydrogen) atoms. The highest BCUT2D eigenvalue weighted by Gasteiger charge is 2.14. The molecule has 0 unspecified atom stereocenters. The van der Waals surface area contributed by atoms with Crippen LogP contribution in [-0.4, -0.2) is 13.4 Å². The van der Waals surface area contributed by atoms with Crippen molar-refractivity contribution in [1.29, 1.82) is 0 Å². The van der Waals surface area contributed by atoms with Gasteiger partial charge in [-0.25, -0.2) is 8.42 Å². The third-order valence-electron chi connectivity index (χ3n) is 3.11. The average molecular weight is 286 g/mol. The van der Waals surface area contributed by atoms with Crippen molar-refractivity contribution >= 4 is 26.7 Å². The number of benzene rings is 2. The Balaban J connectivity index is 1.94. The van der Waals surface area contributed by atoms with Gasteiger partial charge in [0.25, 0.3) is 10.0 Å². The molecule has 0 radical (unpaired) electrons. The van der Waals surface area contributed by atoms with Crippen molar-refractivity contribution in [2.45, 2.75) is 11.8 Å². The molecule has 2 N–H and O–H groups in total. The van der Waals surface area contributed by atoms with Gasteiger partial charge in [0.15, 0.2) is 0 Å². The third kappa shape index (κ3) is 2.40. The smallest absolute Gasteiger partial charge is 0.262 e. The molecule has 0 amide bonds. The Hall–Kier alpha value is -2.27. The van der Waals surface area contributed by atoms with Crippen LogP contribution in [0.5, 0.6) is 0 Å². The normalized spacial score (nSPS) is 11.7. The molecule has 5 heteroatoms. The molecule has 102 valence electrons. The second kappa shape index (κ2) is 4.68. The molecule has 0 aliphatic carbocycles. The topological polar surface area (TPSA) is 62.0 Å². The van der Waals surface area contributed by atoms with Gasteiger partial charge in [-0.3, -0.25) is 4.72 Å². The second-order valence-electron chi connectivity index (χ2n) is 4.69. The molecule has 1 heterocycles. The molecule has 0 aliphatic heterocycles. The standard InChI is InChI=1S/C15H14N2O2S/c1-11-6-8-13(9-7-11)20(18,19)17-15-10-12-4-2-3-5-14(12)16-15/h2-10,16-17H,1H3. The van der Waals surface area contributed by atoms with Crippen LogP contribution in [0.3, 0.4) is 0 Å². The van der Waals surface area contributed by atoms with Crippen molar-refractivity contribution in [3.63, 3.8) is 0 Å². The highest BCUT2D eigenvalue weighted by molar-refractivity contribution is 7.92. The van der Waals surface area contributed by atoms with Crippen LogP contribution in [0.15, 0.2) is 59.5 Å². The molecule has 0 spiro atoms. The van der Waals surface area contributed by atoms with Crippen LogP contribution in [0.25, 0.3) is 10.9 Å². The second-order valence-corrected chi connectivity index (χ2v) is 6.37. The first kappa shape index (κ1) is 12.7. The predicted octanol–water partition coefficient (Wildman–Crippen LogP) is 3.28. The fraction of sp³-hybridized carbons (Fsp3) is 0.0667. The zero-order valence-corrected chi connectivity index (χ0v) is 11.7. The van der Waals surface area contributed by atoms with Gasteiger partial charge in [-0.15, -0.1) is 0 Å². The number of aryl methyl sites for hydroxylation is 1. The van der Waals surface area contributed by atoms with E-state index >= 15 is 0 Å². The molecule has 3 rings (SSSR count). The van der Waals surface area contributed by atoms with Crippen LogP contribution in [0, 0.1) is 6.92 Å². The summed E-state index contributed by atoms with van der Waals surface area (Å²) in [5, 5.41) is 0.967. The first-order valence-corrected chi connectivity index (χ1v) is 7.70. The van der Waals surface area contributed by atoms with Crippen LogP contribution >= 0.6 is 0 Å². The number of fused-ring (bicyclic) bond motifs is 1. The van der Waals surface area contributed by atoms with Crippen molar-refractivity contribution in [3.8, 4) is 0 Å². The van der Waals surface area contributed by atoms with Crippen LogP contribution < -0.4 is 4.72 Å². The van der Waals surface area contributed by atoms with Gasteiger partial charge in [0.1, 0.15) is 5.82 Å². The number of anilines is 1. The molecule has 4 nitrogen and oxygen atoms in total. The van der Waals surface area contributed by atoms with E-state index in [0.717, 1.165) is 16.5 Å².